The summed E-state index contributed by atoms with van der Waals surface area (Å²) in [6.45, 7) is 7.26. The molecule has 0 radical (unpaired) electrons. The van der Waals surface area contributed by atoms with E-state index in [2.05, 4.69) is 18.8 Å². The van der Waals surface area contributed by atoms with Gasteiger partial charge in [0, 0.05) is 30.3 Å². The van der Waals surface area contributed by atoms with Crippen molar-refractivity contribution >= 4 is 17.6 Å². The first-order valence-electron chi connectivity index (χ1n) is 14.6. The van der Waals surface area contributed by atoms with E-state index in [1.165, 1.54) is 25.3 Å². The van der Waals surface area contributed by atoms with Crippen molar-refractivity contribution in [1.82, 2.24) is 4.98 Å². The van der Waals surface area contributed by atoms with Crippen LogP contribution >= 0.6 is 0 Å². The number of carbonyl (C=O) groups is 2. The number of hydrogen-bond donors (Lipinski definition) is 0. The second-order valence-corrected chi connectivity index (χ2v) is 10.7. The van der Waals surface area contributed by atoms with Gasteiger partial charge in [-0.05, 0) is 68.0 Å². The Hall–Kier alpha value is -2.76. The van der Waals surface area contributed by atoms with Crippen molar-refractivity contribution in [2.24, 2.45) is 5.92 Å². The van der Waals surface area contributed by atoms with Crippen LogP contribution in [0, 0.1) is 11.7 Å². The van der Waals surface area contributed by atoms with Gasteiger partial charge in [0.1, 0.15) is 11.5 Å². The second-order valence-electron chi connectivity index (χ2n) is 10.7. The number of esters is 1. The number of ether oxygens (including phenoxy) is 1. The SMILES string of the molecule is CCCC(CCCCC(=O)OCC)CCCCC1(CCC)CN(C(=O)c2ccccn2)c2ccc(F)cc21. The third kappa shape index (κ3) is 7.87. The van der Waals surface area contributed by atoms with Crippen LogP contribution in [0.2, 0.25) is 0 Å². The Morgan fingerprint density at radius 2 is 1.79 bits per heavy atom. The molecular weight excluding hydrogens is 479 g/mol. The summed E-state index contributed by atoms with van der Waals surface area (Å²) < 4.78 is 19.5. The first-order valence-corrected chi connectivity index (χ1v) is 14.6. The summed E-state index contributed by atoms with van der Waals surface area (Å²) >= 11 is 0. The van der Waals surface area contributed by atoms with Crippen molar-refractivity contribution in [3.05, 3.63) is 59.7 Å². The van der Waals surface area contributed by atoms with Crippen LogP contribution in [0.3, 0.4) is 0 Å². The quantitative estimate of drug-likeness (QED) is 0.165. The lowest BCUT2D eigenvalue weighted by molar-refractivity contribution is -0.143. The molecule has 1 aliphatic rings. The summed E-state index contributed by atoms with van der Waals surface area (Å²) in [6.07, 6.45) is 13.8. The largest absolute Gasteiger partial charge is 0.466 e. The predicted molar refractivity (Wildman–Crippen MR) is 151 cm³/mol. The molecule has 3 rings (SSSR count). The Morgan fingerprint density at radius 1 is 1.00 bits per heavy atom. The Bertz CT molecular complexity index is 1030. The van der Waals surface area contributed by atoms with Crippen LogP contribution in [-0.2, 0) is 14.9 Å². The van der Waals surface area contributed by atoms with Gasteiger partial charge in [0.05, 0.1) is 6.61 Å². The molecule has 208 valence electrons. The van der Waals surface area contributed by atoms with E-state index >= 15 is 0 Å². The Balaban J connectivity index is 1.64. The number of halogens is 1. The lowest BCUT2D eigenvalue weighted by Gasteiger charge is -2.31. The zero-order chi connectivity index (χ0) is 27.4. The van der Waals surface area contributed by atoms with E-state index in [0.717, 1.165) is 62.6 Å². The smallest absolute Gasteiger partial charge is 0.305 e. The fraction of sp³-hybridized carbons (Fsp3) is 0.594. The Morgan fingerprint density at radius 3 is 2.47 bits per heavy atom. The van der Waals surface area contributed by atoms with Gasteiger partial charge in [0.15, 0.2) is 0 Å². The summed E-state index contributed by atoms with van der Waals surface area (Å²) in [5, 5.41) is 0. The maximum Gasteiger partial charge on any atom is 0.305 e. The van der Waals surface area contributed by atoms with E-state index in [9.17, 15) is 14.0 Å². The highest BCUT2D eigenvalue weighted by Crippen LogP contribution is 2.47. The maximum atomic E-state index is 14.5. The monoisotopic (exact) mass is 524 g/mol. The van der Waals surface area contributed by atoms with Gasteiger partial charge < -0.3 is 9.64 Å². The minimum Gasteiger partial charge on any atom is -0.466 e. The van der Waals surface area contributed by atoms with E-state index in [4.69, 9.17) is 4.74 Å². The number of amides is 1. The standard InChI is InChI=1S/C32H45FN2O3/c1-4-13-25(14-7-8-17-30(36)38-6-3)15-9-11-21-32(20-5-2)24-35(29-19-18-26(33)23-27(29)32)31(37)28-16-10-12-22-34-28/h10,12,16,18-19,22-23,25H,4-9,11,13-15,17,20-21,24H2,1-3H3. The first-order chi connectivity index (χ1) is 18.4. The van der Waals surface area contributed by atoms with Crippen molar-refractivity contribution in [3.63, 3.8) is 0 Å². The summed E-state index contributed by atoms with van der Waals surface area (Å²) in [7, 11) is 0. The molecule has 5 nitrogen and oxygen atoms in total. The molecule has 2 aromatic rings. The van der Waals surface area contributed by atoms with E-state index in [1.54, 1.807) is 30.5 Å². The molecule has 0 aliphatic carbocycles. The van der Waals surface area contributed by atoms with Gasteiger partial charge in [0.25, 0.3) is 5.91 Å². The van der Waals surface area contributed by atoms with Gasteiger partial charge >= 0.3 is 5.97 Å². The molecule has 1 aromatic heterocycles. The minimum atomic E-state index is -0.248. The molecule has 2 atom stereocenters. The van der Waals surface area contributed by atoms with Crippen molar-refractivity contribution < 1.29 is 18.7 Å². The van der Waals surface area contributed by atoms with Gasteiger partial charge in [0.2, 0.25) is 0 Å². The van der Waals surface area contributed by atoms with Crippen LogP contribution in [0.5, 0.6) is 0 Å². The molecule has 1 aliphatic heterocycles. The van der Waals surface area contributed by atoms with Crippen molar-refractivity contribution in [3.8, 4) is 0 Å². The molecule has 0 bridgehead atoms. The van der Waals surface area contributed by atoms with Crippen LogP contribution in [0.25, 0.3) is 0 Å². The third-order valence-corrected chi connectivity index (χ3v) is 7.90. The summed E-state index contributed by atoms with van der Waals surface area (Å²) in [6, 6.07) is 10.2. The normalized spacial score (nSPS) is 17.3. The van der Waals surface area contributed by atoms with Gasteiger partial charge in [-0.3, -0.25) is 14.6 Å². The minimum absolute atomic E-state index is 0.0929. The van der Waals surface area contributed by atoms with E-state index in [0.29, 0.717) is 31.2 Å². The number of carbonyl (C=O) groups excluding carboxylic acids is 2. The number of pyridine rings is 1. The molecule has 0 spiro atoms. The number of rotatable bonds is 16. The highest BCUT2D eigenvalue weighted by atomic mass is 19.1. The molecule has 0 N–H and O–H groups in total. The predicted octanol–water partition coefficient (Wildman–Crippen LogP) is 8.02. The summed E-state index contributed by atoms with van der Waals surface area (Å²) in [5.41, 5.74) is 1.96. The van der Waals surface area contributed by atoms with Crippen LogP contribution in [0.15, 0.2) is 42.6 Å². The highest BCUT2D eigenvalue weighted by molar-refractivity contribution is 6.06. The molecule has 1 aromatic carbocycles. The van der Waals surface area contributed by atoms with E-state index in [-0.39, 0.29) is 23.1 Å². The number of nitrogens with zero attached hydrogens (tertiary/aromatic N) is 2. The van der Waals surface area contributed by atoms with Crippen molar-refractivity contribution in [1.29, 1.82) is 0 Å². The highest BCUT2D eigenvalue weighted by Gasteiger charge is 2.44. The van der Waals surface area contributed by atoms with Crippen LogP contribution in [-0.4, -0.2) is 30.0 Å². The zero-order valence-electron chi connectivity index (χ0n) is 23.5. The lowest BCUT2D eigenvalue weighted by atomic mass is 9.74. The van der Waals surface area contributed by atoms with Gasteiger partial charge in [-0.25, -0.2) is 4.39 Å². The van der Waals surface area contributed by atoms with Gasteiger partial charge in [-0.1, -0.05) is 71.3 Å². The fourth-order valence-electron chi connectivity index (χ4n) is 6.15. The average molecular weight is 525 g/mol. The van der Waals surface area contributed by atoms with E-state index in [1.807, 2.05) is 17.9 Å². The van der Waals surface area contributed by atoms with Crippen LogP contribution < -0.4 is 4.90 Å². The molecule has 2 unspecified atom stereocenters. The number of anilines is 1. The average Bonchev–Trinajstić information content (AvgIpc) is 3.22. The molecule has 6 heteroatoms. The zero-order valence-corrected chi connectivity index (χ0v) is 23.5. The first kappa shape index (κ1) is 29.8. The van der Waals surface area contributed by atoms with Gasteiger partial charge in [-0.15, -0.1) is 0 Å². The Labute approximate surface area is 228 Å². The molecular formula is C32H45FN2O3. The van der Waals surface area contributed by atoms with Crippen LogP contribution in [0.4, 0.5) is 10.1 Å². The molecule has 0 fully saturated rings. The summed E-state index contributed by atoms with van der Waals surface area (Å²) in [4.78, 5) is 31.1. The number of unbranched alkanes of at least 4 members (excludes halogenated alkanes) is 2. The number of hydrogen-bond acceptors (Lipinski definition) is 4. The Kier molecular flexibility index (Phi) is 11.8. The fourth-order valence-corrected chi connectivity index (χ4v) is 6.15. The van der Waals surface area contributed by atoms with Crippen LogP contribution in [0.1, 0.15) is 114 Å². The number of benzene rings is 1. The van der Waals surface area contributed by atoms with Gasteiger partial charge in [-0.2, -0.15) is 0 Å². The van der Waals surface area contributed by atoms with E-state index < -0.39 is 0 Å². The number of fused-ring (bicyclic) bond motifs is 1. The maximum absolute atomic E-state index is 14.5. The molecule has 0 saturated heterocycles. The molecule has 2 heterocycles. The molecule has 38 heavy (non-hydrogen) atoms. The lowest BCUT2D eigenvalue weighted by Crippen LogP contribution is -2.37. The summed E-state index contributed by atoms with van der Waals surface area (Å²) in [5.74, 6) is 0.203. The van der Waals surface area contributed by atoms with Crippen molar-refractivity contribution in [2.45, 2.75) is 103 Å². The molecule has 1 amide bonds. The second kappa shape index (κ2) is 15.0. The third-order valence-electron chi connectivity index (χ3n) is 7.90. The topological polar surface area (TPSA) is 59.5 Å². The molecule has 0 saturated carbocycles. The number of aromatic nitrogens is 1. The van der Waals surface area contributed by atoms with Crippen molar-refractivity contribution in [2.75, 3.05) is 18.1 Å².